The summed E-state index contributed by atoms with van der Waals surface area (Å²) in [4.78, 5) is 38.1. The van der Waals surface area contributed by atoms with E-state index in [0.29, 0.717) is 16.5 Å². The quantitative estimate of drug-likeness (QED) is 0.622. The molecule has 2 aromatic carbocycles. The number of para-hydroxylation sites is 1. The third-order valence-corrected chi connectivity index (χ3v) is 5.65. The fourth-order valence-electron chi connectivity index (χ4n) is 2.46. The molecule has 0 atom stereocenters. The molecule has 0 saturated carbocycles. The number of nitrogens with one attached hydrogen (secondary N) is 1. The lowest BCUT2D eigenvalue weighted by Gasteiger charge is -2.13. The SMILES string of the molecule is COc1ccc(/C=C2/SC(=O)N(CC(=O)Nc3ccccc3Cl)C2=O)cc1Br. The molecule has 1 N–H and O–H groups in total. The highest BCUT2D eigenvalue weighted by Gasteiger charge is 2.36. The lowest BCUT2D eigenvalue weighted by Crippen LogP contribution is -2.36. The average molecular weight is 482 g/mol. The van der Waals surface area contributed by atoms with Crippen LogP contribution in [0, 0.1) is 0 Å². The van der Waals surface area contributed by atoms with Gasteiger partial charge in [0.2, 0.25) is 5.91 Å². The third-order valence-electron chi connectivity index (χ3n) is 3.80. The number of hydrogen-bond donors (Lipinski definition) is 1. The molecule has 28 heavy (non-hydrogen) atoms. The Morgan fingerprint density at radius 2 is 2.04 bits per heavy atom. The van der Waals surface area contributed by atoms with Gasteiger partial charge in [0.05, 0.1) is 27.2 Å². The van der Waals surface area contributed by atoms with Crippen LogP contribution in [0.4, 0.5) is 10.5 Å². The smallest absolute Gasteiger partial charge is 0.294 e. The van der Waals surface area contributed by atoms with E-state index in [1.807, 2.05) is 0 Å². The first kappa shape index (κ1) is 20.4. The second-order valence-electron chi connectivity index (χ2n) is 5.69. The van der Waals surface area contributed by atoms with Gasteiger partial charge in [-0.25, -0.2) is 0 Å². The van der Waals surface area contributed by atoms with Gasteiger partial charge in [-0.3, -0.25) is 19.3 Å². The van der Waals surface area contributed by atoms with Crippen molar-refractivity contribution < 1.29 is 19.1 Å². The summed E-state index contributed by atoms with van der Waals surface area (Å²) < 4.78 is 5.89. The number of benzene rings is 2. The molecule has 0 aliphatic carbocycles. The zero-order valence-electron chi connectivity index (χ0n) is 14.6. The van der Waals surface area contributed by atoms with Crippen LogP contribution in [0.15, 0.2) is 51.8 Å². The van der Waals surface area contributed by atoms with E-state index in [0.717, 1.165) is 26.7 Å². The van der Waals surface area contributed by atoms with Gasteiger partial charge in [0.1, 0.15) is 12.3 Å². The van der Waals surface area contributed by atoms with Crippen LogP contribution in [0.5, 0.6) is 5.75 Å². The highest BCUT2D eigenvalue weighted by atomic mass is 79.9. The average Bonchev–Trinajstić information content (AvgIpc) is 2.91. The second kappa shape index (κ2) is 8.81. The summed E-state index contributed by atoms with van der Waals surface area (Å²) in [6.07, 6.45) is 1.60. The van der Waals surface area contributed by atoms with Gasteiger partial charge in [-0.2, -0.15) is 0 Å². The van der Waals surface area contributed by atoms with Gasteiger partial charge in [0.25, 0.3) is 11.1 Å². The highest BCUT2D eigenvalue weighted by molar-refractivity contribution is 9.10. The van der Waals surface area contributed by atoms with E-state index < -0.39 is 17.1 Å². The fraction of sp³-hybridized carbons (Fsp3) is 0.105. The second-order valence-corrected chi connectivity index (χ2v) is 7.94. The summed E-state index contributed by atoms with van der Waals surface area (Å²) in [5, 5.41) is 2.47. The van der Waals surface area contributed by atoms with E-state index in [2.05, 4.69) is 21.2 Å². The number of amides is 3. The first-order chi connectivity index (χ1) is 13.4. The minimum atomic E-state index is -0.517. The number of carbonyl (C=O) groups excluding carboxylic acids is 3. The number of hydrogen-bond acceptors (Lipinski definition) is 5. The maximum absolute atomic E-state index is 12.6. The van der Waals surface area contributed by atoms with E-state index in [-0.39, 0.29) is 11.4 Å². The van der Waals surface area contributed by atoms with Gasteiger partial charge >= 0.3 is 0 Å². The molecular weight excluding hydrogens is 468 g/mol. The molecule has 0 spiro atoms. The van der Waals surface area contributed by atoms with E-state index in [4.69, 9.17) is 16.3 Å². The number of rotatable bonds is 5. The molecule has 144 valence electrons. The molecule has 2 aromatic rings. The molecule has 1 fully saturated rings. The normalized spacial score (nSPS) is 15.2. The van der Waals surface area contributed by atoms with E-state index in [9.17, 15) is 14.4 Å². The van der Waals surface area contributed by atoms with Crippen LogP contribution in [0.1, 0.15) is 5.56 Å². The van der Waals surface area contributed by atoms with Crippen LogP contribution >= 0.6 is 39.3 Å². The van der Waals surface area contributed by atoms with Crippen LogP contribution in [-0.2, 0) is 9.59 Å². The molecule has 0 radical (unpaired) electrons. The van der Waals surface area contributed by atoms with Gasteiger partial charge < -0.3 is 10.1 Å². The summed E-state index contributed by atoms with van der Waals surface area (Å²) in [6.45, 7) is -0.389. The Morgan fingerprint density at radius 1 is 1.29 bits per heavy atom. The Morgan fingerprint density at radius 3 is 2.71 bits per heavy atom. The molecule has 0 bridgehead atoms. The van der Waals surface area contributed by atoms with Crippen LogP contribution in [0.2, 0.25) is 5.02 Å². The van der Waals surface area contributed by atoms with Crippen molar-refractivity contribution in [3.63, 3.8) is 0 Å². The summed E-state index contributed by atoms with van der Waals surface area (Å²) in [5.41, 5.74) is 1.14. The molecule has 1 heterocycles. The summed E-state index contributed by atoms with van der Waals surface area (Å²) in [5.74, 6) is -0.374. The van der Waals surface area contributed by atoms with Crippen LogP contribution in [0.25, 0.3) is 6.08 Å². The van der Waals surface area contributed by atoms with Crippen molar-refractivity contribution in [3.8, 4) is 5.75 Å². The molecule has 0 unspecified atom stereocenters. The summed E-state index contributed by atoms with van der Waals surface area (Å²) in [7, 11) is 1.55. The Hall–Kier alpha value is -2.29. The number of nitrogens with zero attached hydrogens (tertiary/aromatic N) is 1. The monoisotopic (exact) mass is 480 g/mol. The standard InChI is InChI=1S/C19H14BrClN2O4S/c1-27-15-7-6-11(8-12(15)20)9-16-18(25)23(19(26)28-16)10-17(24)22-14-5-3-2-4-13(14)21/h2-9H,10H2,1H3,(H,22,24)/b16-9+. The minimum absolute atomic E-state index is 0.243. The van der Waals surface area contributed by atoms with E-state index in [1.165, 1.54) is 0 Å². The summed E-state index contributed by atoms with van der Waals surface area (Å²) in [6, 6.07) is 12.0. The number of imide groups is 1. The first-order valence-corrected chi connectivity index (χ1v) is 10.0. The molecule has 3 amide bonds. The lowest BCUT2D eigenvalue weighted by molar-refractivity contribution is -0.127. The van der Waals surface area contributed by atoms with E-state index >= 15 is 0 Å². The number of thioether (sulfide) groups is 1. The molecular formula is C19H14BrClN2O4S. The molecule has 6 nitrogen and oxygen atoms in total. The van der Waals surface area contributed by atoms with Crippen molar-refractivity contribution in [3.05, 3.63) is 62.4 Å². The first-order valence-electron chi connectivity index (χ1n) is 8.02. The maximum atomic E-state index is 12.6. The van der Waals surface area contributed by atoms with Gasteiger partial charge in [0, 0.05) is 0 Å². The van der Waals surface area contributed by atoms with E-state index in [1.54, 1.807) is 55.7 Å². The Bertz CT molecular complexity index is 996. The predicted octanol–water partition coefficient (Wildman–Crippen LogP) is 4.79. The number of halogens is 2. The van der Waals surface area contributed by atoms with Crippen LogP contribution in [0.3, 0.4) is 0 Å². The number of ether oxygens (including phenoxy) is 1. The topological polar surface area (TPSA) is 75.7 Å². The van der Waals surface area contributed by atoms with Gasteiger partial charge in [-0.1, -0.05) is 29.8 Å². The number of methoxy groups -OCH3 is 1. The van der Waals surface area contributed by atoms with Crippen LogP contribution in [-0.4, -0.2) is 35.6 Å². The maximum Gasteiger partial charge on any atom is 0.294 e. The Labute approximate surface area is 179 Å². The van der Waals surface area contributed by atoms with Gasteiger partial charge in [-0.15, -0.1) is 0 Å². The summed E-state index contributed by atoms with van der Waals surface area (Å²) >= 11 is 10.2. The molecule has 0 aromatic heterocycles. The van der Waals surface area contributed by atoms with Gasteiger partial charge in [0.15, 0.2) is 0 Å². The molecule has 9 heteroatoms. The van der Waals surface area contributed by atoms with Crippen molar-refractivity contribution in [2.45, 2.75) is 0 Å². The largest absolute Gasteiger partial charge is 0.496 e. The van der Waals surface area contributed by atoms with Crippen molar-refractivity contribution in [1.29, 1.82) is 0 Å². The molecule has 1 aliphatic rings. The highest BCUT2D eigenvalue weighted by Crippen LogP contribution is 2.33. The third kappa shape index (κ3) is 4.57. The van der Waals surface area contributed by atoms with Crippen molar-refractivity contribution in [2.24, 2.45) is 0 Å². The minimum Gasteiger partial charge on any atom is -0.496 e. The lowest BCUT2D eigenvalue weighted by atomic mass is 10.2. The van der Waals surface area contributed by atoms with Gasteiger partial charge in [-0.05, 0) is 63.6 Å². The Balaban J connectivity index is 1.72. The zero-order valence-corrected chi connectivity index (χ0v) is 17.7. The Kier molecular flexibility index (Phi) is 6.43. The molecule has 3 rings (SSSR count). The molecule has 1 saturated heterocycles. The van der Waals surface area contributed by atoms with Crippen molar-refractivity contribution >= 4 is 68.1 Å². The number of carbonyl (C=O) groups is 3. The number of anilines is 1. The zero-order chi connectivity index (χ0) is 20.3. The predicted molar refractivity (Wildman–Crippen MR) is 113 cm³/mol. The fourth-order valence-corrected chi connectivity index (χ4v) is 4.04. The molecule has 1 aliphatic heterocycles. The van der Waals surface area contributed by atoms with Crippen molar-refractivity contribution in [2.75, 3.05) is 19.0 Å². The van der Waals surface area contributed by atoms with Crippen molar-refractivity contribution in [1.82, 2.24) is 4.90 Å². The van der Waals surface area contributed by atoms with Crippen LogP contribution < -0.4 is 10.1 Å².